The molecule has 23 heavy (non-hydrogen) atoms. The Bertz CT molecular complexity index is 911. The highest BCUT2D eigenvalue weighted by molar-refractivity contribution is 6.02. The summed E-state index contributed by atoms with van der Waals surface area (Å²) < 4.78 is 14.5. The van der Waals surface area contributed by atoms with Gasteiger partial charge in [0.1, 0.15) is 5.69 Å². The van der Waals surface area contributed by atoms with E-state index < -0.39 is 17.4 Å². The molecule has 0 saturated carbocycles. The molecule has 0 aliphatic rings. The molecule has 3 heterocycles. The number of carbonyl (C=O) groups excluding carboxylic acids is 1. The van der Waals surface area contributed by atoms with Gasteiger partial charge in [-0.2, -0.15) is 4.39 Å². The van der Waals surface area contributed by atoms with E-state index in [0.29, 0.717) is 10.3 Å². The number of nitrogens with one attached hydrogen (secondary N) is 1. The minimum atomic E-state index is -0.817. The van der Waals surface area contributed by atoms with Crippen LogP contribution in [0.1, 0.15) is 10.5 Å². The van der Waals surface area contributed by atoms with E-state index in [1.54, 1.807) is 18.3 Å². The highest BCUT2D eigenvalue weighted by Crippen LogP contribution is 2.07. The molecule has 0 radical (unpaired) electrons. The van der Waals surface area contributed by atoms with Crippen LogP contribution in [0.3, 0.4) is 0 Å². The number of anilines is 1. The van der Waals surface area contributed by atoms with E-state index in [9.17, 15) is 14.0 Å². The third-order valence-corrected chi connectivity index (χ3v) is 2.90. The topological polar surface area (TPSA) is 89.8 Å². The summed E-state index contributed by atoms with van der Waals surface area (Å²) in [6.45, 7) is 0. The van der Waals surface area contributed by atoms with E-state index in [0.717, 1.165) is 6.07 Å². The fourth-order valence-corrected chi connectivity index (χ4v) is 1.87. The molecule has 3 aromatic heterocycles. The predicted molar refractivity (Wildman–Crippen MR) is 79.8 cm³/mol. The maximum absolute atomic E-state index is 13.8. The van der Waals surface area contributed by atoms with Crippen molar-refractivity contribution < 1.29 is 9.18 Å². The molecule has 0 aliphatic heterocycles. The van der Waals surface area contributed by atoms with Crippen molar-refractivity contribution >= 4 is 11.6 Å². The molecule has 0 aromatic carbocycles. The van der Waals surface area contributed by atoms with Gasteiger partial charge in [-0.05, 0) is 24.3 Å². The van der Waals surface area contributed by atoms with E-state index in [1.165, 1.54) is 30.6 Å². The van der Waals surface area contributed by atoms with Gasteiger partial charge in [0.05, 0.1) is 11.9 Å². The number of amides is 1. The maximum Gasteiger partial charge on any atom is 0.274 e. The number of hydrogen-bond acceptors (Lipinski definition) is 5. The van der Waals surface area contributed by atoms with Crippen molar-refractivity contribution in [2.45, 2.75) is 0 Å². The van der Waals surface area contributed by atoms with Gasteiger partial charge in [0, 0.05) is 18.5 Å². The third kappa shape index (κ3) is 3.10. The van der Waals surface area contributed by atoms with Crippen molar-refractivity contribution in [1.82, 2.24) is 19.5 Å². The van der Waals surface area contributed by atoms with Crippen molar-refractivity contribution in [3.8, 4) is 5.95 Å². The number of aromatic nitrogens is 4. The van der Waals surface area contributed by atoms with Gasteiger partial charge < -0.3 is 5.32 Å². The third-order valence-electron chi connectivity index (χ3n) is 2.90. The summed E-state index contributed by atoms with van der Waals surface area (Å²) in [6, 6.07) is 8.25. The quantitative estimate of drug-likeness (QED) is 0.739. The van der Waals surface area contributed by atoms with Crippen molar-refractivity contribution in [1.29, 1.82) is 0 Å². The van der Waals surface area contributed by atoms with Gasteiger partial charge in [-0.25, -0.2) is 14.5 Å². The van der Waals surface area contributed by atoms with Crippen LogP contribution >= 0.6 is 0 Å². The second kappa shape index (κ2) is 6.14. The maximum atomic E-state index is 13.8. The Labute approximate surface area is 129 Å². The van der Waals surface area contributed by atoms with Gasteiger partial charge in [0.15, 0.2) is 0 Å². The zero-order chi connectivity index (χ0) is 16.2. The number of pyridine rings is 2. The van der Waals surface area contributed by atoms with Crippen LogP contribution in [0.15, 0.2) is 59.8 Å². The standard InChI is InChI=1S/C15H10FN5O2/c16-12-4-1-5-13(22)21(12)15-18-8-6-11(20-15)14(23)19-10-3-2-7-17-9-10/h1-9H,(H,19,23). The van der Waals surface area contributed by atoms with Gasteiger partial charge in [-0.15, -0.1) is 0 Å². The fourth-order valence-electron chi connectivity index (χ4n) is 1.87. The van der Waals surface area contributed by atoms with E-state index >= 15 is 0 Å². The Morgan fingerprint density at radius 2 is 2.00 bits per heavy atom. The van der Waals surface area contributed by atoms with Crippen LogP contribution in [0.2, 0.25) is 0 Å². The molecule has 8 heteroatoms. The highest BCUT2D eigenvalue weighted by atomic mass is 19.1. The summed E-state index contributed by atoms with van der Waals surface area (Å²) >= 11 is 0. The molecule has 0 aliphatic carbocycles. The van der Waals surface area contributed by atoms with Crippen molar-refractivity contribution in [3.05, 3.63) is 77.0 Å². The monoisotopic (exact) mass is 311 g/mol. The average molecular weight is 311 g/mol. The molecule has 0 unspecified atom stereocenters. The predicted octanol–water partition coefficient (Wildman–Crippen LogP) is 1.41. The zero-order valence-electron chi connectivity index (χ0n) is 11.7. The van der Waals surface area contributed by atoms with Crippen LogP contribution in [0.25, 0.3) is 5.95 Å². The smallest absolute Gasteiger partial charge is 0.274 e. The molecule has 0 saturated heterocycles. The summed E-state index contributed by atoms with van der Waals surface area (Å²) in [5.74, 6) is -1.56. The highest BCUT2D eigenvalue weighted by Gasteiger charge is 2.13. The molecule has 0 spiro atoms. The Morgan fingerprint density at radius 3 is 2.74 bits per heavy atom. The lowest BCUT2D eigenvalue weighted by Crippen LogP contribution is -2.23. The average Bonchev–Trinajstić information content (AvgIpc) is 2.56. The number of halogens is 1. The van der Waals surface area contributed by atoms with Gasteiger partial charge in [0.2, 0.25) is 11.9 Å². The zero-order valence-corrected chi connectivity index (χ0v) is 11.7. The van der Waals surface area contributed by atoms with Crippen LogP contribution in [0.4, 0.5) is 10.1 Å². The molecule has 0 bridgehead atoms. The van der Waals surface area contributed by atoms with Crippen molar-refractivity contribution in [3.63, 3.8) is 0 Å². The molecular weight excluding hydrogens is 301 g/mol. The van der Waals surface area contributed by atoms with E-state index in [4.69, 9.17) is 0 Å². The van der Waals surface area contributed by atoms with E-state index in [1.807, 2.05) is 0 Å². The number of carbonyl (C=O) groups is 1. The van der Waals surface area contributed by atoms with Crippen molar-refractivity contribution in [2.24, 2.45) is 0 Å². The molecule has 1 N–H and O–H groups in total. The summed E-state index contributed by atoms with van der Waals surface area (Å²) in [4.78, 5) is 35.6. The fraction of sp³-hybridized carbons (Fsp3) is 0. The summed E-state index contributed by atoms with van der Waals surface area (Å²) in [5.41, 5.74) is -0.149. The Kier molecular flexibility index (Phi) is 3.88. The summed E-state index contributed by atoms with van der Waals surface area (Å²) in [6.07, 6.45) is 4.32. The van der Waals surface area contributed by atoms with Gasteiger partial charge >= 0.3 is 0 Å². The number of rotatable bonds is 3. The van der Waals surface area contributed by atoms with E-state index in [2.05, 4.69) is 20.3 Å². The molecule has 7 nitrogen and oxygen atoms in total. The first-order valence-electron chi connectivity index (χ1n) is 6.57. The van der Waals surface area contributed by atoms with E-state index in [-0.39, 0.29) is 11.6 Å². The minimum Gasteiger partial charge on any atom is -0.319 e. The van der Waals surface area contributed by atoms with Crippen LogP contribution in [-0.4, -0.2) is 25.4 Å². The first kappa shape index (κ1) is 14.5. The first-order chi connectivity index (χ1) is 11.1. The summed E-state index contributed by atoms with van der Waals surface area (Å²) in [7, 11) is 0. The molecule has 0 fully saturated rings. The number of nitrogens with zero attached hydrogens (tertiary/aromatic N) is 4. The molecule has 114 valence electrons. The first-order valence-corrected chi connectivity index (χ1v) is 6.57. The minimum absolute atomic E-state index is 0.00555. The molecule has 1 amide bonds. The Morgan fingerprint density at radius 1 is 1.13 bits per heavy atom. The number of hydrogen-bond donors (Lipinski definition) is 1. The lowest BCUT2D eigenvalue weighted by molar-refractivity contribution is 0.102. The van der Waals surface area contributed by atoms with Gasteiger partial charge in [-0.3, -0.25) is 14.6 Å². The van der Waals surface area contributed by atoms with Gasteiger partial charge in [0.25, 0.3) is 11.5 Å². The molecule has 3 aromatic rings. The molecule has 0 atom stereocenters. The van der Waals surface area contributed by atoms with Crippen LogP contribution < -0.4 is 10.9 Å². The largest absolute Gasteiger partial charge is 0.319 e. The van der Waals surface area contributed by atoms with Crippen molar-refractivity contribution in [2.75, 3.05) is 5.32 Å². The lowest BCUT2D eigenvalue weighted by Gasteiger charge is -2.07. The van der Waals surface area contributed by atoms with Crippen LogP contribution in [0.5, 0.6) is 0 Å². The van der Waals surface area contributed by atoms with Crippen LogP contribution in [-0.2, 0) is 0 Å². The SMILES string of the molecule is O=C(Nc1cccnc1)c1ccnc(-n2c(F)cccc2=O)n1. The van der Waals surface area contributed by atoms with Gasteiger partial charge in [-0.1, -0.05) is 6.07 Å². The Hall–Kier alpha value is -3.42. The lowest BCUT2D eigenvalue weighted by atomic mass is 10.3. The second-order valence-corrected chi connectivity index (χ2v) is 4.46. The Balaban J connectivity index is 1.94. The van der Waals surface area contributed by atoms with Crippen LogP contribution in [0, 0.1) is 5.95 Å². The molecule has 3 rings (SSSR count). The summed E-state index contributed by atoms with van der Waals surface area (Å²) in [5, 5.41) is 2.59. The molecular formula is C15H10FN5O2. The second-order valence-electron chi connectivity index (χ2n) is 4.46. The normalized spacial score (nSPS) is 10.3.